The zero-order chi connectivity index (χ0) is 25.0. The minimum Gasteiger partial charge on any atom is -0.490 e. The first kappa shape index (κ1) is 25.4. The Kier molecular flexibility index (Phi) is 9.38. The summed E-state index contributed by atoms with van der Waals surface area (Å²) in [6.45, 7) is 8.54. The molecule has 2 aromatic carbocycles. The molecule has 1 heterocycles. The van der Waals surface area contributed by atoms with Gasteiger partial charge in [0.25, 0.3) is 0 Å². The minimum absolute atomic E-state index is 0.185. The molecule has 0 fully saturated rings. The molecule has 0 saturated carbocycles. The number of benzene rings is 2. The zero-order valence-corrected chi connectivity index (χ0v) is 20.0. The SMILES string of the molecule is C=C(C)C(=O)OCC/C=C/CCOc1ccc(/C=C(\C#N)c2ccc3c(c2)OCO3)cc1OCC. The van der Waals surface area contributed by atoms with Crippen molar-refractivity contribution >= 4 is 17.6 Å². The van der Waals surface area contributed by atoms with Crippen molar-refractivity contribution in [1.29, 1.82) is 5.26 Å². The molecule has 1 aliphatic rings. The molecule has 0 aromatic heterocycles. The van der Waals surface area contributed by atoms with Crippen molar-refractivity contribution in [2.75, 3.05) is 26.6 Å². The van der Waals surface area contributed by atoms with Crippen LogP contribution in [0.15, 0.2) is 60.7 Å². The van der Waals surface area contributed by atoms with E-state index in [2.05, 4.69) is 12.6 Å². The fourth-order valence-electron chi connectivity index (χ4n) is 3.23. The second-order valence-electron chi connectivity index (χ2n) is 7.69. The molecule has 0 radical (unpaired) electrons. The normalized spacial score (nSPS) is 12.3. The van der Waals surface area contributed by atoms with Gasteiger partial charge in [-0.25, -0.2) is 4.79 Å². The van der Waals surface area contributed by atoms with Gasteiger partial charge in [-0.15, -0.1) is 0 Å². The van der Waals surface area contributed by atoms with Crippen molar-refractivity contribution in [3.63, 3.8) is 0 Å². The number of rotatable bonds is 12. The van der Waals surface area contributed by atoms with Gasteiger partial charge in [0.05, 0.1) is 31.5 Å². The number of carbonyl (C=O) groups excluding carboxylic acids is 1. The lowest BCUT2D eigenvalue weighted by molar-refractivity contribution is -0.138. The number of hydrogen-bond donors (Lipinski definition) is 0. The third-order valence-corrected chi connectivity index (χ3v) is 4.96. The topological polar surface area (TPSA) is 87.0 Å². The standard InChI is InChI=1S/C28H29NO6/c1-4-31-26-16-21(15-23(18-29)22-10-12-25-27(17-22)35-19-34-25)9-11-24(26)32-13-7-5-6-8-14-33-28(30)20(2)3/h5-6,9-12,15-17H,2,4,7-8,13-14,19H2,1,3H3/b6-5+,23-15+. The lowest BCUT2D eigenvalue weighted by atomic mass is 10.0. The molecule has 0 unspecified atom stereocenters. The van der Waals surface area contributed by atoms with Gasteiger partial charge in [0.1, 0.15) is 0 Å². The summed E-state index contributed by atoms with van der Waals surface area (Å²) in [5.41, 5.74) is 2.46. The fourth-order valence-corrected chi connectivity index (χ4v) is 3.23. The highest BCUT2D eigenvalue weighted by molar-refractivity contribution is 5.90. The van der Waals surface area contributed by atoms with Crippen molar-refractivity contribution in [1.82, 2.24) is 0 Å². The minimum atomic E-state index is -0.374. The second kappa shape index (κ2) is 12.9. The predicted octanol–water partition coefficient (Wildman–Crippen LogP) is 5.71. The highest BCUT2D eigenvalue weighted by Crippen LogP contribution is 2.35. The Morgan fingerprint density at radius 2 is 1.83 bits per heavy atom. The number of nitriles is 1. The van der Waals surface area contributed by atoms with E-state index < -0.39 is 0 Å². The molecule has 0 atom stereocenters. The van der Waals surface area contributed by atoms with Crippen LogP contribution in [0.1, 0.15) is 37.8 Å². The summed E-state index contributed by atoms with van der Waals surface area (Å²) in [6, 6.07) is 13.3. The van der Waals surface area contributed by atoms with Crippen LogP contribution in [-0.4, -0.2) is 32.6 Å². The predicted molar refractivity (Wildman–Crippen MR) is 133 cm³/mol. The number of fused-ring (bicyclic) bond motifs is 1. The van der Waals surface area contributed by atoms with Crippen LogP contribution >= 0.6 is 0 Å². The molecule has 7 nitrogen and oxygen atoms in total. The van der Waals surface area contributed by atoms with Crippen molar-refractivity contribution in [2.24, 2.45) is 0 Å². The van der Waals surface area contributed by atoms with Crippen LogP contribution in [-0.2, 0) is 9.53 Å². The van der Waals surface area contributed by atoms with Crippen LogP contribution < -0.4 is 18.9 Å². The number of esters is 1. The van der Waals surface area contributed by atoms with Gasteiger partial charge in [0.2, 0.25) is 6.79 Å². The summed E-state index contributed by atoms with van der Waals surface area (Å²) in [4.78, 5) is 11.3. The Labute approximate surface area is 205 Å². The van der Waals surface area contributed by atoms with E-state index in [9.17, 15) is 10.1 Å². The number of carbonyl (C=O) groups is 1. The highest BCUT2D eigenvalue weighted by Gasteiger charge is 2.15. The molecule has 0 N–H and O–H groups in total. The first-order chi connectivity index (χ1) is 17.0. The lowest BCUT2D eigenvalue weighted by Crippen LogP contribution is -2.05. The molecule has 0 bridgehead atoms. The van der Waals surface area contributed by atoms with Crippen LogP contribution in [0, 0.1) is 11.3 Å². The van der Waals surface area contributed by atoms with Gasteiger partial charge in [-0.05, 0) is 74.2 Å². The third kappa shape index (κ3) is 7.41. The summed E-state index contributed by atoms with van der Waals surface area (Å²) < 4.78 is 27.5. The van der Waals surface area contributed by atoms with Crippen LogP contribution in [0.4, 0.5) is 0 Å². The summed E-state index contributed by atoms with van der Waals surface area (Å²) in [6.07, 6.45) is 7.06. The molecule has 7 heteroatoms. The molecule has 3 rings (SSSR count). The summed E-state index contributed by atoms with van der Waals surface area (Å²) in [5, 5.41) is 9.71. The lowest BCUT2D eigenvalue weighted by Gasteiger charge is -2.12. The molecule has 0 spiro atoms. The van der Waals surface area contributed by atoms with E-state index >= 15 is 0 Å². The molecule has 0 aliphatic carbocycles. The average molecular weight is 476 g/mol. The van der Waals surface area contributed by atoms with Gasteiger partial charge < -0.3 is 23.7 Å². The Morgan fingerprint density at radius 3 is 2.57 bits per heavy atom. The van der Waals surface area contributed by atoms with E-state index in [4.69, 9.17) is 23.7 Å². The van der Waals surface area contributed by atoms with E-state index in [0.29, 0.717) is 66.8 Å². The summed E-state index contributed by atoms with van der Waals surface area (Å²) in [7, 11) is 0. The van der Waals surface area contributed by atoms with Gasteiger partial charge in [-0.3, -0.25) is 0 Å². The van der Waals surface area contributed by atoms with Crippen molar-refractivity contribution in [3.8, 4) is 29.1 Å². The second-order valence-corrected chi connectivity index (χ2v) is 7.69. The maximum Gasteiger partial charge on any atom is 0.333 e. The Morgan fingerprint density at radius 1 is 1.06 bits per heavy atom. The highest BCUT2D eigenvalue weighted by atomic mass is 16.7. The van der Waals surface area contributed by atoms with Gasteiger partial charge >= 0.3 is 5.97 Å². The van der Waals surface area contributed by atoms with E-state index in [1.54, 1.807) is 25.1 Å². The van der Waals surface area contributed by atoms with Gasteiger partial charge in [-0.1, -0.05) is 24.8 Å². The van der Waals surface area contributed by atoms with Crippen LogP contribution in [0.2, 0.25) is 0 Å². The third-order valence-electron chi connectivity index (χ3n) is 4.96. The number of ether oxygens (including phenoxy) is 5. The largest absolute Gasteiger partial charge is 0.490 e. The van der Waals surface area contributed by atoms with Crippen molar-refractivity contribution in [2.45, 2.75) is 26.7 Å². The van der Waals surface area contributed by atoms with Crippen LogP contribution in [0.25, 0.3) is 11.6 Å². The van der Waals surface area contributed by atoms with Gasteiger partial charge in [0.15, 0.2) is 23.0 Å². The molecule has 1 aliphatic heterocycles. The molecule has 0 amide bonds. The van der Waals surface area contributed by atoms with Gasteiger partial charge in [-0.2, -0.15) is 5.26 Å². The average Bonchev–Trinajstić information content (AvgIpc) is 3.33. The Balaban J connectivity index is 1.59. The molecule has 182 valence electrons. The van der Waals surface area contributed by atoms with E-state index in [-0.39, 0.29) is 12.8 Å². The van der Waals surface area contributed by atoms with E-state index in [1.165, 1.54) is 0 Å². The summed E-state index contributed by atoms with van der Waals surface area (Å²) in [5.74, 6) is 2.17. The maximum absolute atomic E-state index is 11.3. The Hall–Kier alpha value is -4.18. The molecule has 0 saturated heterocycles. The molecular weight excluding hydrogens is 446 g/mol. The van der Waals surface area contributed by atoms with E-state index in [1.807, 2.05) is 43.3 Å². The first-order valence-corrected chi connectivity index (χ1v) is 11.4. The fraction of sp³-hybridized carbons (Fsp3) is 0.286. The summed E-state index contributed by atoms with van der Waals surface area (Å²) >= 11 is 0. The molecular formula is C28H29NO6. The molecule has 35 heavy (non-hydrogen) atoms. The number of nitrogens with zero attached hydrogens (tertiary/aromatic N) is 1. The molecule has 2 aromatic rings. The monoisotopic (exact) mass is 475 g/mol. The van der Waals surface area contributed by atoms with E-state index in [0.717, 1.165) is 11.1 Å². The van der Waals surface area contributed by atoms with Crippen LogP contribution in [0.5, 0.6) is 23.0 Å². The zero-order valence-electron chi connectivity index (χ0n) is 20.0. The van der Waals surface area contributed by atoms with Crippen molar-refractivity contribution < 1.29 is 28.5 Å². The smallest absolute Gasteiger partial charge is 0.333 e. The number of allylic oxidation sites excluding steroid dienone is 1. The van der Waals surface area contributed by atoms with Gasteiger partial charge in [0, 0.05) is 5.57 Å². The number of hydrogen-bond acceptors (Lipinski definition) is 7. The first-order valence-electron chi connectivity index (χ1n) is 11.4. The van der Waals surface area contributed by atoms with Crippen molar-refractivity contribution in [3.05, 3.63) is 71.8 Å². The maximum atomic E-state index is 11.3. The van der Waals surface area contributed by atoms with Crippen LogP contribution in [0.3, 0.4) is 0 Å². The quantitative estimate of drug-likeness (QED) is 0.0970. The Bertz CT molecular complexity index is 1160.